The molecule has 2 rings (SSSR count). The lowest BCUT2D eigenvalue weighted by Gasteiger charge is -2.14. The van der Waals surface area contributed by atoms with Crippen LogP contribution in [0.2, 0.25) is 5.02 Å². The number of nitrogens with zero attached hydrogens (tertiary/aromatic N) is 1. The van der Waals surface area contributed by atoms with Crippen molar-refractivity contribution < 1.29 is 14.7 Å². The fourth-order valence-electron chi connectivity index (χ4n) is 2.61. The van der Waals surface area contributed by atoms with Crippen molar-refractivity contribution in [3.05, 3.63) is 39.8 Å². The van der Waals surface area contributed by atoms with Crippen LogP contribution in [0.3, 0.4) is 0 Å². The minimum atomic E-state index is -0.251. The molecule has 0 atom stereocenters. The van der Waals surface area contributed by atoms with E-state index < -0.39 is 0 Å². The maximum Gasteiger partial charge on any atom is 0.267 e. The zero-order valence-electron chi connectivity index (χ0n) is 13.8. The van der Waals surface area contributed by atoms with Crippen molar-refractivity contribution >= 4 is 40.8 Å². The van der Waals surface area contributed by atoms with Crippen LogP contribution in [0.5, 0.6) is 0 Å². The number of aliphatic hydroxyl groups excluding tert-OH is 1. The summed E-state index contributed by atoms with van der Waals surface area (Å²) < 4.78 is 0. The van der Waals surface area contributed by atoms with E-state index in [0.29, 0.717) is 33.4 Å². The Morgan fingerprint density at radius 3 is 2.42 bits per heavy atom. The van der Waals surface area contributed by atoms with Gasteiger partial charge in [0.25, 0.3) is 11.8 Å². The summed E-state index contributed by atoms with van der Waals surface area (Å²) in [5, 5.41) is 9.65. The van der Waals surface area contributed by atoms with Crippen molar-refractivity contribution in [3.8, 4) is 0 Å². The lowest BCUT2D eigenvalue weighted by atomic mass is 10.1. The van der Waals surface area contributed by atoms with Gasteiger partial charge in [0.05, 0.1) is 17.1 Å². The lowest BCUT2D eigenvalue weighted by molar-refractivity contribution is -0.136. The Labute approximate surface area is 151 Å². The summed E-state index contributed by atoms with van der Waals surface area (Å²) in [6.07, 6.45) is 4.02. The first-order chi connectivity index (χ1) is 11.6. The predicted molar refractivity (Wildman–Crippen MR) is 98.8 cm³/mol. The zero-order valence-corrected chi connectivity index (χ0v) is 15.3. The van der Waals surface area contributed by atoms with E-state index >= 15 is 0 Å². The van der Waals surface area contributed by atoms with Crippen molar-refractivity contribution in [3.63, 3.8) is 0 Å². The molecule has 2 amide bonds. The van der Waals surface area contributed by atoms with Gasteiger partial charge >= 0.3 is 0 Å². The molecule has 0 fully saturated rings. The molecule has 0 saturated carbocycles. The summed E-state index contributed by atoms with van der Waals surface area (Å²) in [6, 6.07) is 6.92. The van der Waals surface area contributed by atoms with E-state index in [9.17, 15) is 9.59 Å². The Hall–Kier alpha value is -1.30. The first-order valence-electron chi connectivity index (χ1n) is 8.20. The molecule has 0 aliphatic carbocycles. The fourth-order valence-corrected chi connectivity index (χ4v) is 3.61. The molecule has 0 unspecified atom stereocenters. The number of halogens is 1. The molecule has 0 bridgehead atoms. The number of imide groups is 1. The number of thioether (sulfide) groups is 1. The van der Waals surface area contributed by atoms with E-state index in [4.69, 9.17) is 16.7 Å². The second-order valence-corrected chi connectivity index (χ2v) is 7.15. The molecule has 1 aromatic rings. The minimum absolute atomic E-state index is 0.0416. The third-order valence-corrected chi connectivity index (χ3v) is 5.14. The van der Waals surface area contributed by atoms with Gasteiger partial charge in [0.2, 0.25) is 0 Å². The minimum Gasteiger partial charge on any atom is -0.396 e. The third kappa shape index (κ3) is 4.41. The Balaban J connectivity index is 2.24. The average Bonchev–Trinajstić information content (AvgIpc) is 2.81. The molecule has 0 saturated heterocycles. The fraction of sp³-hybridized carbons (Fsp3) is 0.444. The number of hydrogen-bond donors (Lipinski definition) is 1. The van der Waals surface area contributed by atoms with Crippen LogP contribution < -0.4 is 0 Å². The Morgan fingerprint density at radius 2 is 1.79 bits per heavy atom. The molecular formula is C18H22ClNO3S. The quantitative estimate of drug-likeness (QED) is 0.533. The smallest absolute Gasteiger partial charge is 0.267 e. The normalized spacial score (nSPS) is 14.9. The molecule has 1 N–H and O–H groups in total. The molecule has 6 heteroatoms. The largest absolute Gasteiger partial charge is 0.396 e. The molecule has 1 aliphatic heterocycles. The number of amides is 2. The van der Waals surface area contributed by atoms with Crippen LogP contribution in [-0.4, -0.2) is 40.7 Å². The van der Waals surface area contributed by atoms with Gasteiger partial charge < -0.3 is 5.11 Å². The molecule has 1 aromatic carbocycles. The number of benzene rings is 1. The van der Waals surface area contributed by atoms with Gasteiger partial charge in [-0.15, -0.1) is 11.8 Å². The second-order valence-electron chi connectivity index (χ2n) is 5.61. The van der Waals surface area contributed by atoms with Crippen LogP contribution in [0.25, 0.3) is 5.57 Å². The van der Waals surface area contributed by atoms with Gasteiger partial charge in [-0.25, -0.2) is 0 Å². The molecule has 24 heavy (non-hydrogen) atoms. The van der Waals surface area contributed by atoms with Crippen LogP contribution in [-0.2, 0) is 9.59 Å². The maximum absolute atomic E-state index is 12.8. The summed E-state index contributed by atoms with van der Waals surface area (Å²) >= 11 is 7.15. The number of aliphatic hydroxyl groups is 1. The standard InChI is InChI=1S/C18H22ClNO3S/c1-2-3-4-5-10-20-17(22)15(13-6-8-14(19)9-7-13)16(18(20)23)24-12-11-21/h6-9,21H,2-5,10-12H2,1H3. The van der Waals surface area contributed by atoms with Crippen LogP contribution in [0.15, 0.2) is 29.2 Å². The molecule has 1 heterocycles. The average molecular weight is 368 g/mol. The summed E-state index contributed by atoms with van der Waals surface area (Å²) in [4.78, 5) is 27.2. The highest BCUT2D eigenvalue weighted by atomic mass is 35.5. The topological polar surface area (TPSA) is 57.6 Å². The number of carbonyl (C=O) groups is 2. The molecular weight excluding hydrogens is 346 g/mol. The molecule has 4 nitrogen and oxygen atoms in total. The Bertz CT molecular complexity index is 628. The first kappa shape index (κ1) is 19.0. The summed E-state index contributed by atoms with van der Waals surface area (Å²) in [7, 11) is 0. The zero-order chi connectivity index (χ0) is 17.5. The Kier molecular flexibility index (Phi) is 7.34. The number of hydrogen-bond acceptors (Lipinski definition) is 4. The van der Waals surface area contributed by atoms with E-state index in [0.717, 1.165) is 25.7 Å². The van der Waals surface area contributed by atoms with Crippen molar-refractivity contribution in [1.82, 2.24) is 4.90 Å². The molecule has 1 aliphatic rings. The van der Waals surface area contributed by atoms with Gasteiger partial charge in [0.1, 0.15) is 0 Å². The molecule has 0 aromatic heterocycles. The van der Waals surface area contributed by atoms with Gasteiger partial charge in [-0.2, -0.15) is 0 Å². The summed E-state index contributed by atoms with van der Waals surface area (Å²) in [6.45, 7) is 2.52. The van der Waals surface area contributed by atoms with E-state index in [2.05, 4.69) is 6.92 Å². The summed E-state index contributed by atoms with van der Waals surface area (Å²) in [5.74, 6) is -0.117. The summed E-state index contributed by atoms with van der Waals surface area (Å²) in [5.41, 5.74) is 1.11. The van der Waals surface area contributed by atoms with E-state index in [1.165, 1.54) is 16.7 Å². The molecule has 0 radical (unpaired) electrons. The van der Waals surface area contributed by atoms with Crippen LogP contribution in [0, 0.1) is 0 Å². The van der Waals surface area contributed by atoms with Crippen molar-refractivity contribution in [2.75, 3.05) is 18.9 Å². The van der Waals surface area contributed by atoms with Crippen molar-refractivity contribution in [2.24, 2.45) is 0 Å². The number of unbranched alkanes of at least 4 members (excludes halogenated alkanes) is 3. The highest BCUT2D eigenvalue weighted by molar-refractivity contribution is 8.04. The monoisotopic (exact) mass is 367 g/mol. The van der Waals surface area contributed by atoms with E-state index in [1.807, 2.05) is 0 Å². The second kappa shape index (κ2) is 9.25. The van der Waals surface area contributed by atoms with Crippen LogP contribution >= 0.6 is 23.4 Å². The van der Waals surface area contributed by atoms with Gasteiger partial charge in [-0.3, -0.25) is 14.5 Å². The molecule has 0 spiro atoms. The highest BCUT2D eigenvalue weighted by Crippen LogP contribution is 2.36. The van der Waals surface area contributed by atoms with Crippen LogP contribution in [0.1, 0.15) is 38.2 Å². The van der Waals surface area contributed by atoms with Gasteiger partial charge in [-0.05, 0) is 24.1 Å². The number of carbonyl (C=O) groups excluding carboxylic acids is 2. The SMILES string of the molecule is CCCCCCN1C(=O)C(SCCO)=C(c2ccc(Cl)cc2)C1=O. The lowest BCUT2D eigenvalue weighted by Crippen LogP contribution is -2.32. The highest BCUT2D eigenvalue weighted by Gasteiger charge is 2.38. The van der Waals surface area contributed by atoms with E-state index in [-0.39, 0.29) is 18.4 Å². The van der Waals surface area contributed by atoms with Gasteiger partial charge in [0, 0.05) is 17.3 Å². The predicted octanol–water partition coefficient (Wildman–Crippen LogP) is 3.73. The Morgan fingerprint density at radius 1 is 1.08 bits per heavy atom. The van der Waals surface area contributed by atoms with Crippen molar-refractivity contribution in [2.45, 2.75) is 32.6 Å². The third-order valence-electron chi connectivity index (χ3n) is 3.83. The van der Waals surface area contributed by atoms with Gasteiger partial charge in [-0.1, -0.05) is 49.9 Å². The number of rotatable bonds is 9. The maximum atomic E-state index is 12.8. The molecule has 130 valence electrons. The first-order valence-corrected chi connectivity index (χ1v) is 9.56. The van der Waals surface area contributed by atoms with Gasteiger partial charge in [0.15, 0.2) is 0 Å². The van der Waals surface area contributed by atoms with Crippen molar-refractivity contribution in [1.29, 1.82) is 0 Å². The van der Waals surface area contributed by atoms with E-state index in [1.54, 1.807) is 24.3 Å². The van der Waals surface area contributed by atoms with Crippen LogP contribution in [0.4, 0.5) is 0 Å².